The number of hydrogen-bond donors (Lipinski definition) is 2. The molecule has 0 fully saturated rings. The lowest BCUT2D eigenvalue weighted by Gasteiger charge is -2.15. The van der Waals surface area contributed by atoms with E-state index in [2.05, 4.69) is 29.5 Å². The van der Waals surface area contributed by atoms with E-state index >= 15 is 0 Å². The lowest BCUT2D eigenvalue weighted by atomic mass is 10.1. The van der Waals surface area contributed by atoms with Gasteiger partial charge in [0.2, 0.25) is 0 Å². The Bertz CT molecular complexity index is 379. The Kier molecular flexibility index (Phi) is 6.19. The number of rotatable bonds is 7. The van der Waals surface area contributed by atoms with Gasteiger partial charge in [-0.1, -0.05) is 19.8 Å². The van der Waals surface area contributed by atoms with E-state index in [0.717, 1.165) is 12.1 Å². The van der Waals surface area contributed by atoms with Gasteiger partial charge in [-0.05, 0) is 32.4 Å². The molecule has 0 bridgehead atoms. The summed E-state index contributed by atoms with van der Waals surface area (Å²) in [6.45, 7) is 6.85. The normalized spacial score (nSPS) is 11.9. The zero-order valence-corrected chi connectivity index (χ0v) is 11.5. The van der Waals surface area contributed by atoms with E-state index in [0.29, 0.717) is 18.3 Å². The predicted octanol–water partition coefficient (Wildman–Crippen LogP) is 2.82. The van der Waals surface area contributed by atoms with E-state index < -0.39 is 0 Å². The minimum absolute atomic E-state index is 0.123. The Balaban J connectivity index is 2.61. The lowest BCUT2D eigenvalue weighted by Crippen LogP contribution is -2.24. The van der Waals surface area contributed by atoms with E-state index in [4.69, 9.17) is 0 Å². The minimum atomic E-state index is -0.123. The highest BCUT2D eigenvalue weighted by molar-refractivity contribution is 5.93. The Hall–Kier alpha value is -1.58. The van der Waals surface area contributed by atoms with Gasteiger partial charge in [0.15, 0.2) is 0 Å². The maximum Gasteiger partial charge on any atom is 0.269 e. The summed E-state index contributed by atoms with van der Waals surface area (Å²) in [5.74, 6) is -0.123. The van der Waals surface area contributed by atoms with E-state index in [-0.39, 0.29) is 5.91 Å². The van der Waals surface area contributed by atoms with Gasteiger partial charge >= 0.3 is 0 Å². The fourth-order valence-corrected chi connectivity index (χ4v) is 1.76. The largest absolute Gasteiger partial charge is 0.382 e. The first kappa shape index (κ1) is 14.5. The summed E-state index contributed by atoms with van der Waals surface area (Å²) in [4.78, 5) is 15.7. The number of anilines is 1. The molecule has 100 valence electrons. The van der Waals surface area contributed by atoms with Crippen molar-refractivity contribution < 1.29 is 4.79 Å². The van der Waals surface area contributed by atoms with Gasteiger partial charge in [-0.25, -0.2) is 0 Å². The molecule has 0 aliphatic carbocycles. The third-order valence-electron chi connectivity index (χ3n) is 2.73. The number of pyridine rings is 1. The summed E-state index contributed by atoms with van der Waals surface area (Å²) in [5, 5.41) is 6.14. The number of carbonyl (C=O) groups excluding carboxylic acids is 1. The molecule has 0 aliphatic heterocycles. The number of unbranched alkanes of at least 4 members (excludes halogenated alkanes) is 1. The molecular formula is C14H23N3O. The molecule has 18 heavy (non-hydrogen) atoms. The minimum Gasteiger partial charge on any atom is -0.382 e. The van der Waals surface area contributed by atoms with Crippen molar-refractivity contribution in [3.05, 3.63) is 24.0 Å². The summed E-state index contributed by atoms with van der Waals surface area (Å²) in [6, 6.07) is 4.10. The molecule has 4 nitrogen and oxygen atoms in total. The molecule has 0 saturated heterocycles. The number of carbonyl (C=O) groups is 1. The van der Waals surface area contributed by atoms with Crippen LogP contribution in [0.25, 0.3) is 0 Å². The molecule has 1 aromatic heterocycles. The van der Waals surface area contributed by atoms with Crippen LogP contribution in [0.5, 0.6) is 0 Å². The van der Waals surface area contributed by atoms with Crippen LogP contribution >= 0.6 is 0 Å². The van der Waals surface area contributed by atoms with Crippen molar-refractivity contribution in [1.82, 2.24) is 10.3 Å². The molecule has 4 heteroatoms. The van der Waals surface area contributed by atoms with Crippen molar-refractivity contribution in [1.29, 1.82) is 0 Å². The fourth-order valence-electron chi connectivity index (χ4n) is 1.76. The standard InChI is InChI=1S/C14H23N3O/c1-4-6-7-11(3)17-12-8-9-16-13(10-12)14(18)15-5-2/h8-11H,4-7H2,1-3H3,(H,15,18)(H,16,17). The highest BCUT2D eigenvalue weighted by Gasteiger charge is 2.07. The summed E-state index contributed by atoms with van der Waals surface area (Å²) in [5.41, 5.74) is 1.42. The maximum absolute atomic E-state index is 11.7. The molecule has 1 unspecified atom stereocenters. The molecule has 0 aromatic carbocycles. The topological polar surface area (TPSA) is 54.0 Å². The Morgan fingerprint density at radius 2 is 2.22 bits per heavy atom. The van der Waals surface area contributed by atoms with Crippen LogP contribution in [0.4, 0.5) is 5.69 Å². The van der Waals surface area contributed by atoms with Crippen molar-refractivity contribution in [2.24, 2.45) is 0 Å². The third kappa shape index (κ3) is 4.73. The number of hydrogen-bond acceptors (Lipinski definition) is 3. The molecule has 1 amide bonds. The summed E-state index contributed by atoms with van der Waals surface area (Å²) in [7, 11) is 0. The van der Waals surface area contributed by atoms with Crippen LogP contribution in [-0.4, -0.2) is 23.5 Å². The van der Waals surface area contributed by atoms with Crippen LogP contribution in [0, 0.1) is 0 Å². The SMILES string of the molecule is CCCCC(C)Nc1ccnc(C(=O)NCC)c1. The fraction of sp³-hybridized carbons (Fsp3) is 0.571. The Morgan fingerprint density at radius 3 is 2.89 bits per heavy atom. The third-order valence-corrected chi connectivity index (χ3v) is 2.73. The van der Waals surface area contributed by atoms with Gasteiger partial charge in [-0.15, -0.1) is 0 Å². The van der Waals surface area contributed by atoms with Crippen LogP contribution in [-0.2, 0) is 0 Å². The molecule has 2 N–H and O–H groups in total. The zero-order chi connectivity index (χ0) is 13.4. The molecule has 1 rings (SSSR count). The second-order valence-corrected chi connectivity index (χ2v) is 4.48. The number of amides is 1. The molecule has 1 heterocycles. The average molecular weight is 249 g/mol. The number of nitrogens with zero attached hydrogens (tertiary/aromatic N) is 1. The van der Waals surface area contributed by atoms with Crippen molar-refractivity contribution in [2.45, 2.75) is 46.1 Å². The monoisotopic (exact) mass is 249 g/mol. The lowest BCUT2D eigenvalue weighted by molar-refractivity contribution is 0.0951. The van der Waals surface area contributed by atoms with Gasteiger partial charge in [0.05, 0.1) is 0 Å². The van der Waals surface area contributed by atoms with Crippen LogP contribution in [0.1, 0.15) is 50.5 Å². The van der Waals surface area contributed by atoms with Crippen molar-refractivity contribution in [2.75, 3.05) is 11.9 Å². The Labute approximate surface area is 109 Å². The van der Waals surface area contributed by atoms with Gasteiger partial charge < -0.3 is 10.6 Å². The first-order chi connectivity index (χ1) is 8.67. The second-order valence-electron chi connectivity index (χ2n) is 4.48. The molecule has 1 atom stereocenters. The van der Waals surface area contributed by atoms with Crippen LogP contribution in [0.3, 0.4) is 0 Å². The van der Waals surface area contributed by atoms with Crippen LogP contribution < -0.4 is 10.6 Å². The highest BCUT2D eigenvalue weighted by atomic mass is 16.1. The van der Waals surface area contributed by atoms with E-state index in [1.807, 2.05) is 13.0 Å². The van der Waals surface area contributed by atoms with Gasteiger partial charge in [0.25, 0.3) is 5.91 Å². The molecule has 0 saturated carbocycles. The predicted molar refractivity (Wildman–Crippen MR) is 74.9 cm³/mol. The summed E-state index contributed by atoms with van der Waals surface area (Å²) in [6.07, 6.45) is 5.21. The van der Waals surface area contributed by atoms with Crippen molar-refractivity contribution >= 4 is 11.6 Å². The summed E-state index contributed by atoms with van der Waals surface area (Å²) < 4.78 is 0. The van der Waals surface area contributed by atoms with Gasteiger partial charge in [0, 0.05) is 24.5 Å². The molecule has 0 spiro atoms. The molecule has 0 aliphatic rings. The quantitative estimate of drug-likeness (QED) is 0.781. The maximum atomic E-state index is 11.7. The number of aromatic nitrogens is 1. The molecule has 1 aromatic rings. The van der Waals surface area contributed by atoms with Gasteiger partial charge in [-0.2, -0.15) is 0 Å². The van der Waals surface area contributed by atoms with E-state index in [9.17, 15) is 4.79 Å². The second kappa shape index (κ2) is 7.69. The van der Waals surface area contributed by atoms with Gasteiger partial charge in [0.1, 0.15) is 5.69 Å². The van der Waals surface area contributed by atoms with Crippen LogP contribution in [0.2, 0.25) is 0 Å². The molecular weight excluding hydrogens is 226 g/mol. The average Bonchev–Trinajstić information content (AvgIpc) is 2.37. The Morgan fingerprint density at radius 1 is 1.44 bits per heavy atom. The van der Waals surface area contributed by atoms with Crippen molar-refractivity contribution in [3.63, 3.8) is 0 Å². The van der Waals surface area contributed by atoms with E-state index in [1.54, 1.807) is 12.3 Å². The first-order valence-electron chi connectivity index (χ1n) is 6.68. The summed E-state index contributed by atoms with van der Waals surface area (Å²) >= 11 is 0. The number of nitrogens with one attached hydrogen (secondary N) is 2. The van der Waals surface area contributed by atoms with Gasteiger partial charge in [-0.3, -0.25) is 9.78 Å². The van der Waals surface area contributed by atoms with Crippen LogP contribution in [0.15, 0.2) is 18.3 Å². The first-order valence-corrected chi connectivity index (χ1v) is 6.68. The smallest absolute Gasteiger partial charge is 0.269 e. The van der Waals surface area contributed by atoms with E-state index in [1.165, 1.54) is 12.8 Å². The zero-order valence-electron chi connectivity index (χ0n) is 11.5. The van der Waals surface area contributed by atoms with Crippen molar-refractivity contribution in [3.8, 4) is 0 Å². The molecule has 0 radical (unpaired) electrons. The highest BCUT2D eigenvalue weighted by Crippen LogP contribution is 2.12.